The lowest BCUT2D eigenvalue weighted by Gasteiger charge is -2.07. The summed E-state index contributed by atoms with van der Waals surface area (Å²) in [6.45, 7) is 4.26. The monoisotopic (exact) mass is 319 g/mol. The van der Waals surface area contributed by atoms with Crippen molar-refractivity contribution in [1.82, 2.24) is 14.8 Å². The number of hydrogen-bond acceptors (Lipinski definition) is 3. The highest BCUT2D eigenvalue weighted by atomic mass is 16.3. The molecule has 0 bridgehead atoms. The van der Waals surface area contributed by atoms with Gasteiger partial charge in [-0.25, -0.2) is 0 Å². The zero-order valence-electron chi connectivity index (χ0n) is 13.4. The predicted molar refractivity (Wildman–Crippen MR) is 95.0 cm³/mol. The standard InChI is InChI=1S/C19H17N3O2/c1-11(2)12-7-9-13(10-8-12)22-19(24)17-16(21-22)14-5-3-4-6-15(14)18(23)20-17/h3-11,24H,1-2H3,(H,20,23). The first kappa shape index (κ1) is 14.5. The van der Waals surface area contributed by atoms with Gasteiger partial charge in [0.05, 0.1) is 5.69 Å². The first-order valence-corrected chi connectivity index (χ1v) is 7.89. The van der Waals surface area contributed by atoms with E-state index in [0.717, 1.165) is 11.1 Å². The molecule has 4 rings (SSSR count). The van der Waals surface area contributed by atoms with Crippen LogP contribution in [0.5, 0.6) is 5.88 Å². The van der Waals surface area contributed by atoms with E-state index < -0.39 is 0 Å². The molecule has 0 saturated heterocycles. The second-order valence-corrected chi connectivity index (χ2v) is 6.20. The third-order valence-corrected chi connectivity index (χ3v) is 4.33. The molecular weight excluding hydrogens is 302 g/mol. The zero-order valence-corrected chi connectivity index (χ0v) is 13.4. The van der Waals surface area contributed by atoms with Crippen LogP contribution in [0, 0.1) is 0 Å². The summed E-state index contributed by atoms with van der Waals surface area (Å²) in [6.07, 6.45) is 0. The average Bonchev–Trinajstić information content (AvgIpc) is 2.92. The maximum Gasteiger partial charge on any atom is 0.256 e. The Morgan fingerprint density at radius 2 is 1.71 bits per heavy atom. The molecule has 0 spiro atoms. The van der Waals surface area contributed by atoms with Crippen molar-refractivity contribution >= 4 is 21.8 Å². The molecule has 0 amide bonds. The van der Waals surface area contributed by atoms with Gasteiger partial charge < -0.3 is 10.1 Å². The molecule has 0 saturated carbocycles. The Bertz CT molecular complexity index is 1110. The van der Waals surface area contributed by atoms with Crippen molar-refractivity contribution in [3.05, 3.63) is 64.4 Å². The van der Waals surface area contributed by atoms with Crippen LogP contribution >= 0.6 is 0 Å². The number of nitrogens with zero attached hydrogens (tertiary/aromatic N) is 2. The first-order chi connectivity index (χ1) is 11.6. The summed E-state index contributed by atoms with van der Waals surface area (Å²) in [6, 6.07) is 15.1. The molecule has 24 heavy (non-hydrogen) atoms. The van der Waals surface area contributed by atoms with Crippen LogP contribution in [0.4, 0.5) is 0 Å². The van der Waals surface area contributed by atoms with Crippen molar-refractivity contribution in [3.63, 3.8) is 0 Å². The summed E-state index contributed by atoms with van der Waals surface area (Å²) >= 11 is 0. The summed E-state index contributed by atoms with van der Waals surface area (Å²) < 4.78 is 1.46. The molecule has 2 aromatic heterocycles. The number of aromatic nitrogens is 3. The van der Waals surface area contributed by atoms with E-state index in [2.05, 4.69) is 23.9 Å². The van der Waals surface area contributed by atoms with Crippen molar-refractivity contribution in [3.8, 4) is 11.6 Å². The average molecular weight is 319 g/mol. The zero-order chi connectivity index (χ0) is 16.8. The summed E-state index contributed by atoms with van der Waals surface area (Å²) in [7, 11) is 0. The lowest BCUT2D eigenvalue weighted by Crippen LogP contribution is -2.05. The number of aromatic amines is 1. The van der Waals surface area contributed by atoms with Crippen LogP contribution in [0.3, 0.4) is 0 Å². The van der Waals surface area contributed by atoms with Gasteiger partial charge in [0.25, 0.3) is 5.56 Å². The van der Waals surface area contributed by atoms with Gasteiger partial charge in [0.15, 0.2) is 0 Å². The maximum absolute atomic E-state index is 12.2. The number of rotatable bonds is 2. The molecule has 4 aromatic rings. The Kier molecular flexibility index (Phi) is 3.16. The van der Waals surface area contributed by atoms with Gasteiger partial charge >= 0.3 is 0 Å². The number of pyridine rings is 1. The fourth-order valence-electron chi connectivity index (χ4n) is 2.96. The van der Waals surface area contributed by atoms with E-state index in [4.69, 9.17) is 0 Å². The van der Waals surface area contributed by atoms with Crippen LogP contribution in [-0.4, -0.2) is 19.9 Å². The summed E-state index contributed by atoms with van der Waals surface area (Å²) in [5.41, 5.74) is 2.66. The van der Waals surface area contributed by atoms with E-state index in [-0.39, 0.29) is 11.4 Å². The lowest BCUT2D eigenvalue weighted by molar-refractivity contribution is 0.437. The van der Waals surface area contributed by atoms with Gasteiger partial charge in [-0.15, -0.1) is 0 Å². The highest BCUT2D eigenvalue weighted by molar-refractivity contribution is 6.04. The topological polar surface area (TPSA) is 70.9 Å². The van der Waals surface area contributed by atoms with Gasteiger partial charge in [-0.3, -0.25) is 4.79 Å². The number of H-pyrrole nitrogens is 1. The van der Waals surface area contributed by atoms with Crippen molar-refractivity contribution in [2.75, 3.05) is 0 Å². The van der Waals surface area contributed by atoms with Crippen LogP contribution in [0.1, 0.15) is 25.3 Å². The van der Waals surface area contributed by atoms with Gasteiger partial charge in [0.2, 0.25) is 5.88 Å². The number of aromatic hydroxyl groups is 1. The lowest BCUT2D eigenvalue weighted by atomic mass is 10.0. The van der Waals surface area contributed by atoms with E-state index in [1.165, 1.54) is 10.2 Å². The molecule has 0 aliphatic heterocycles. The molecule has 2 heterocycles. The van der Waals surface area contributed by atoms with Crippen LogP contribution in [-0.2, 0) is 0 Å². The second kappa shape index (κ2) is 5.23. The maximum atomic E-state index is 12.2. The fraction of sp³-hybridized carbons (Fsp3) is 0.158. The summed E-state index contributed by atoms with van der Waals surface area (Å²) in [5, 5.41) is 16.3. The van der Waals surface area contributed by atoms with E-state index in [1.54, 1.807) is 6.07 Å². The number of fused-ring (bicyclic) bond motifs is 3. The molecule has 5 nitrogen and oxygen atoms in total. The summed E-state index contributed by atoms with van der Waals surface area (Å²) in [4.78, 5) is 14.9. The predicted octanol–water partition coefficient (Wildman–Crippen LogP) is 3.70. The van der Waals surface area contributed by atoms with Crippen molar-refractivity contribution < 1.29 is 5.11 Å². The molecule has 0 aliphatic carbocycles. The van der Waals surface area contributed by atoms with Gasteiger partial charge in [0, 0.05) is 10.8 Å². The Balaban J connectivity index is 1.98. The number of hydrogen-bond donors (Lipinski definition) is 2. The SMILES string of the molecule is CC(C)c1ccc(-n2nc3c([nH]c(=O)c4ccccc43)c2O)cc1. The third kappa shape index (κ3) is 2.09. The van der Waals surface area contributed by atoms with E-state index in [9.17, 15) is 9.90 Å². The third-order valence-electron chi connectivity index (χ3n) is 4.33. The molecule has 5 heteroatoms. The number of nitrogens with one attached hydrogen (secondary N) is 1. The van der Waals surface area contributed by atoms with Crippen LogP contribution < -0.4 is 5.56 Å². The normalized spacial score (nSPS) is 11.6. The first-order valence-electron chi connectivity index (χ1n) is 7.89. The van der Waals surface area contributed by atoms with Crippen molar-refractivity contribution in [2.24, 2.45) is 0 Å². The van der Waals surface area contributed by atoms with Crippen LogP contribution in [0.25, 0.3) is 27.5 Å². The Morgan fingerprint density at radius 3 is 2.38 bits per heavy atom. The van der Waals surface area contributed by atoms with Gasteiger partial charge in [-0.05, 0) is 29.7 Å². The Morgan fingerprint density at radius 1 is 1.04 bits per heavy atom. The molecular formula is C19H17N3O2. The number of benzene rings is 2. The molecule has 120 valence electrons. The van der Waals surface area contributed by atoms with E-state index >= 15 is 0 Å². The largest absolute Gasteiger partial charge is 0.492 e. The molecule has 2 N–H and O–H groups in total. The van der Waals surface area contributed by atoms with Gasteiger partial charge in [-0.1, -0.05) is 44.2 Å². The minimum absolute atomic E-state index is 0.0647. The molecule has 2 aromatic carbocycles. The van der Waals surface area contributed by atoms with E-state index in [1.807, 2.05) is 42.5 Å². The highest BCUT2D eigenvalue weighted by Gasteiger charge is 2.16. The second-order valence-electron chi connectivity index (χ2n) is 6.20. The minimum Gasteiger partial charge on any atom is -0.492 e. The highest BCUT2D eigenvalue weighted by Crippen LogP contribution is 2.29. The smallest absolute Gasteiger partial charge is 0.256 e. The Labute approximate surface area is 138 Å². The van der Waals surface area contributed by atoms with Gasteiger partial charge in [0.1, 0.15) is 11.0 Å². The molecule has 0 aliphatic rings. The fourth-order valence-corrected chi connectivity index (χ4v) is 2.96. The summed E-state index contributed by atoms with van der Waals surface area (Å²) in [5.74, 6) is 0.370. The minimum atomic E-state index is -0.233. The molecule has 0 fully saturated rings. The Hall–Kier alpha value is -3.08. The van der Waals surface area contributed by atoms with Crippen molar-refractivity contribution in [2.45, 2.75) is 19.8 Å². The van der Waals surface area contributed by atoms with Gasteiger partial charge in [-0.2, -0.15) is 9.78 Å². The van der Waals surface area contributed by atoms with E-state index in [0.29, 0.717) is 22.3 Å². The molecule has 0 radical (unpaired) electrons. The van der Waals surface area contributed by atoms with Crippen LogP contribution in [0.2, 0.25) is 0 Å². The van der Waals surface area contributed by atoms with Crippen molar-refractivity contribution in [1.29, 1.82) is 0 Å². The van der Waals surface area contributed by atoms with Crippen LogP contribution in [0.15, 0.2) is 53.3 Å². The molecule has 0 unspecified atom stereocenters. The molecule has 0 atom stereocenters. The quantitative estimate of drug-likeness (QED) is 0.592.